The molecule has 0 bridgehead atoms. The van der Waals surface area contributed by atoms with E-state index in [1.165, 1.54) is 11.8 Å². The number of rotatable bonds is 8. The Kier molecular flexibility index (Phi) is 7.16. The Morgan fingerprint density at radius 1 is 1.12 bits per heavy atom. The van der Waals surface area contributed by atoms with E-state index < -0.39 is 0 Å². The Morgan fingerprint density at radius 3 is 2.64 bits per heavy atom. The number of para-hydroxylation sites is 1. The van der Waals surface area contributed by atoms with E-state index in [-0.39, 0.29) is 5.91 Å². The molecule has 168 valence electrons. The first-order valence-corrected chi connectivity index (χ1v) is 12.2. The van der Waals surface area contributed by atoms with E-state index >= 15 is 0 Å². The second-order valence-corrected chi connectivity index (χ2v) is 8.61. The van der Waals surface area contributed by atoms with E-state index in [2.05, 4.69) is 34.0 Å². The second-order valence-electron chi connectivity index (χ2n) is 7.83. The molecule has 6 nitrogen and oxygen atoms in total. The molecule has 0 aliphatic carbocycles. The van der Waals surface area contributed by atoms with Gasteiger partial charge in [-0.25, -0.2) is 4.99 Å². The lowest BCUT2D eigenvalue weighted by atomic mass is 10.1. The minimum absolute atomic E-state index is 0.0709. The zero-order chi connectivity index (χ0) is 23.2. The summed E-state index contributed by atoms with van der Waals surface area (Å²) in [5.74, 6) is 0.723. The number of hydrogen-bond acceptors (Lipinski definition) is 5. The standard InChI is InChI=1S/C26H26N4O2S/c1-29-25(31)23(28-26(29)33-2)16-20-18-30(24-9-5-4-8-22(20)24)14-6-3-7-15-32-21-12-10-19(17-27)11-13-21/h4-5,8-13,16,18H,3,6-7,14-15H2,1-2H3/b23-16-. The van der Waals surface area contributed by atoms with Crippen LogP contribution in [0.25, 0.3) is 17.0 Å². The smallest absolute Gasteiger partial charge is 0.278 e. The number of unbranched alkanes of at least 4 members (excludes halogenated alkanes) is 2. The number of benzene rings is 2. The SMILES string of the molecule is CSC1=N/C(=C\c2cn(CCCCCOc3ccc(C#N)cc3)c3ccccc23)C(=O)N1C. The minimum Gasteiger partial charge on any atom is -0.494 e. The highest BCUT2D eigenvalue weighted by atomic mass is 32.2. The van der Waals surface area contributed by atoms with Crippen LogP contribution in [0, 0.1) is 11.3 Å². The van der Waals surface area contributed by atoms with Gasteiger partial charge in [0.05, 0.1) is 18.2 Å². The maximum Gasteiger partial charge on any atom is 0.278 e. The van der Waals surface area contributed by atoms with Crippen molar-refractivity contribution in [3.05, 3.63) is 71.6 Å². The average molecular weight is 459 g/mol. The number of aliphatic imine (C=N–C) groups is 1. The summed E-state index contributed by atoms with van der Waals surface area (Å²) in [6.07, 6.45) is 8.97. The number of likely N-dealkylation sites (N-methyl/N-ethyl adjacent to an activating group) is 1. The average Bonchev–Trinajstić information content (AvgIpc) is 3.33. The minimum atomic E-state index is -0.0709. The molecule has 0 unspecified atom stereocenters. The zero-order valence-electron chi connectivity index (χ0n) is 18.8. The molecule has 33 heavy (non-hydrogen) atoms. The number of carbonyl (C=O) groups is 1. The Morgan fingerprint density at radius 2 is 1.91 bits per heavy atom. The van der Waals surface area contributed by atoms with E-state index in [0.717, 1.165) is 53.2 Å². The Labute approximate surface area is 198 Å². The summed E-state index contributed by atoms with van der Waals surface area (Å²) in [5, 5.41) is 10.7. The lowest BCUT2D eigenvalue weighted by Gasteiger charge is -2.07. The van der Waals surface area contributed by atoms with Crippen molar-refractivity contribution in [3.63, 3.8) is 0 Å². The molecule has 1 aromatic heterocycles. The topological polar surface area (TPSA) is 70.6 Å². The molecule has 0 saturated carbocycles. The summed E-state index contributed by atoms with van der Waals surface area (Å²) in [7, 11) is 1.76. The molecule has 0 radical (unpaired) electrons. The molecule has 0 N–H and O–H groups in total. The number of amidine groups is 1. The van der Waals surface area contributed by atoms with E-state index in [1.807, 2.05) is 36.6 Å². The highest BCUT2D eigenvalue weighted by molar-refractivity contribution is 8.13. The second kappa shape index (κ2) is 10.4. The number of ether oxygens (including phenoxy) is 1. The number of amides is 1. The fourth-order valence-corrected chi connectivity index (χ4v) is 4.41. The molecule has 0 atom stereocenters. The summed E-state index contributed by atoms with van der Waals surface area (Å²) in [6, 6.07) is 17.6. The van der Waals surface area contributed by atoms with E-state index in [1.54, 1.807) is 24.1 Å². The van der Waals surface area contributed by atoms with Gasteiger partial charge >= 0.3 is 0 Å². The van der Waals surface area contributed by atoms with Crippen molar-refractivity contribution >= 4 is 39.8 Å². The molecular formula is C26H26N4O2S. The Bertz CT molecular complexity index is 1250. The number of fused-ring (bicyclic) bond motifs is 1. The number of nitrogens with zero attached hydrogens (tertiary/aromatic N) is 4. The van der Waals surface area contributed by atoms with Crippen LogP contribution >= 0.6 is 11.8 Å². The van der Waals surface area contributed by atoms with Crippen molar-refractivity contribution < 1.29 is 9.53 Å². The van der Waals surface area contributed by atoms with Crippen molar-refractivity contribution in [1.82, 2.24) is 9.47 Å². The van der Waals surface area contributed by atoms with E-state index in [0.29, 0.717) is 17.9 Å². The lowest BCUT2D eigenvalue weighted by Crippen LogP contribution is -2.25. The number of aryl methyl sites for hydroxylation is 1. The van der Waals surface area contributed by atoms with Crippen LogP contribution in [-0.2, 0) is 11.3 Å². The molecule has 4 rings (SSSR count). The predicted octanol–water partition coefficient (Wildman–Crippen LogP) is 5.29. The fourth-order valence-electron chi connectivity index (χ4n) is 3.86. The Hall–Kier alpha value is -3.50. The lowest BCUT2D eigenvalue weighted by molar-refractivity contribution is -0.121. The fraction of sp³-hybridized carbons (Fsp3) is 0.269. The molecule has 2 heterocycles. The van der Waals surface area contributed by atoms with Gasteiger partial charge in [-0.3, -0.25) is 9.69 Å². The van der Waals surface area contributed by atoms with Crippen LogP contribution < -0.4 is 4.74 Å². The van der Waals surface area contributed by atoms with Crippen LogP contribution in [0.4, 0.5) is 0 Å². The number of hydrogen-bond donors (Lipinski definition) is 0. The van der Waals surface area contributed by atoms with Gasteiger partial charge in [0.1, 0.15) is 11.4 Å². The third kappa shape index (κ3) is 5.12. The van der Waals surface area contributed by atoms with Gasteiger partial charge in [-0.05, 0) is 61.9 Å². The normalized spacial score (nSPS) is 14.7. The summed E-state index contributed by atoms with van der Waals surface area (Å²) in [4.78, 5) is 18.6. The van der Waals surface area contributed by atoms with Gasteiger partial charge in [-0.1, -0.05) is 30.0 Å². The van der Waals surface area contributed by atoms with Crippen molar-refractivity contribution in [2.24, 2.45) is 4.99 Å². The van der Waals surface area contributed by atoms with Crippen molar-refractivity contribution in [2.75, 3.05) is 19.9 Å². The summed E-state index contributed by atoms with van der Waals surface area (Å²) in [6.45, 7) is 1.55. The molecular weight excluding hydrogens is 432 g/mol. The zero-order valence-corrected chi connectivity index (χ0v) is 19.6. The number of aromatic nitrogens is 1. The van der Waals surface area contributed by atoms with E-state index in [4.69, 9.17) is 10.00 Å². The van der Waals surface area contributed by atoms with Gasteiger partial charge in [-0.2, -0.15) is 5.26 Å². The van der Waals surface area contributed by atoms with Crippen LogP contribution in [0.1, 0.15) is 30.4 Å². The van der Waals surface area contributed by atoms with Crippen LogP contribution in [-0.4, -0.2) is 40.5 Å². The molecule has 1 aliphatic heterocycles. The first-order valence-electron chi connectivity index (χ1n) is 10.9. The van der Waals surface area contributed by atoms with Crippen molar-refractivity contribution in [2.45, 2.75) is 25.8 Å². The maximum atomic E-state index is 12.5. The quantitative estimate of drug-likeness (QED) is 0.339. The number of carbonyl (C=O) groups excluding carboxylic acids is 1. The molecule has 1 amide bonds. The van der Waals surface area contributed by atoms with Gasteiger partial charge in [0.15, 0.2) is 5.17 Å². The molecule has 3 aromatic rings. The number of nitriles is 1. The third-order valence-electron chi connectivity index (χ3n) is 5.62. The van der Waals surface area contributed by atoms with Crippen LogP contribution in [0.15, 0.2) is 65.4 Å². The monoisotopic (exact) mass is 458 g/mol. The van der Waals surface area contributed by atoms with Crippen molar-refractivity contribution in [1.29, 1.82) is 5.26 Å². The van der Waals surface area contributed by atoms with Crippen molar-refractivity contribution in [3.8, 4) is 11.8 Å². The van der Waals surface area contributed by atoms with Gasteiger partial charge in [0.2, 0.25) is 0 Å². The molecule has 7 heteroatoms. The van der Waals surface area contributed by atoms with Gasteiger partial charge in [0.25, 0.3) is 5.91 Å². The number of thioether (sulfide) groups is 1. The largest absolute Gasteiger partial charge is 0.494 e. The first kappa shape index (κ1) is 22.7. The summed E-state index contributed by atoms with van der Waals surface area (Å²) in [5.41, 5.74) is 3.28. The predicted molar refractivity (Wildman–Crippen MR) is 134 cm³/mol. The third-order valence-corrected chi connectivity index (χ3v) is 6.35. The van der Waals surface area contributed by atoms with Crippen LogP contribution in [0.3, 0.4) is 0 Å². The molecule has 2 aromatic carbocycles. The Balaban J connectivity index is 1.37. The summed E-state index contributed by atoms with van der Waals surface area (Å²) >= 11 is 1.47. The highest BCUT2D eigenvalue weighted by Crippen LogP contribution is 2.27. The van der Waals surface area contributed by atoms with Gasteiger partial charge in [-0.15, -0.1) is 0 Å². The van der Waals surface area contributed by atoms with Gasteiger partial charge < -0.3 is 9.30 Å². The molecule has 0 spiro atoms. The van der Waals surface area contributed by atoms with Gasteiger partial charge in [0, 0.05) is 36.3 Å². The summed E-state index contributed by atoms with van der Waals surface area (Å²) < 4.78 is 8.02. The molecule has 1 aliphatic rings. The highest BCUT2D eigenvalue weighted by Gasteiger charge is 2.26. The van der Waals surface area contributed by atoms with Crippen LogP contribution in [0.5, 0.6) is 5.75 Å². The van der Waals surface area contributed by atoms with E-state index in [9.17, 15) is 4.79 Å². The van der Waals surface area contributed by atoms with Crippen LogP contribution in [0.2, 0.25) is 0 Å². The maximum absolute atomic E-state index is 12.5. The first-order chi connectivity index (χ1) is 16.1. The molecule has 0 fully saturated rings. The molecule has 0 saturated heterocycles.